The molecular weight excluding hydrogens is 275 g/mol. The van der Waals surface area contributed by atoms with Crippen LogP contribution in [0.4, 0.5) is 4.39 Å². The lowest BCUT2D eigenvalue weighted by atomic mass is 10.2. The molecule has 0 saturated carbocycles. The highest BCUT2D eigenvalue weighted by Gasteiger charge is 2.19. The molecule has 0 fully saturated rings. The number of hydrogen-bond acceptors (Lipinski definition) is 4. The number of aromatic nitrogens is 1. The molecule has 0 aliphatic heterocycles. The molecular formula is C15H17FN2O3. The monoisotopic (exact) mass is 292 g/mol. The molecule has 1 aromatic carbocycles. The predicted octanol–water partition coefficient (Wildman–Crippen LogP) is 2.84. The molecule has 0 aliphatic rings. The third-order valence-electron chi connectivity index (χ3n) is 2.91. The van der Waals surface area contributed by atoms with Crippen molar-refractivity contribution in [2.45, 2.75) is 26.9 Å². The minimum atomic E-state index is -0.379. The van der Waals surface area contributed by atoms with Crippen LogP contribution in [0.5, 0.6) is 5.75 Å². The molecule has 0 saturated heterocycles. The largest absolute Gasteiger partial charge is 0.489 e. The molecule has 0 unspecified atom stereocenters. The number of halogens is 1. The molecule has 0 radical (unpaired) electrons. The van der Waals surface area contributed by atoms with Crippen molar-refractivity contribution >= 4 is 5.91 Å². The molecule has 6 heteroatoms. The number of hydrogen-bond donors (Lipinski definition) is 1. The summed E-state index contributed by atoms with van der Waals surface area (Å²) in [4.78, 5) is 12.0. The lowest BCUT2D eigenvalue weighted by Crippen LogP contribution is -2.25. The van der Waals surface area contributed by atoms with Gasteiger partial charge in [0.1, 0.15) is 23.9 Å². The van der Waals surface area contributed by atoms with Crippen LogP contribution in [0.25, 0.3) is 0 Å². The third-order valence-corrected chi connectivity index (χ3v) is 2.91. The SMILES string of the molecule is CCCNC(=O)c1noc(C)c1COc1cccc(F)c1. The Kier molecular flexibility index (Phi) is 4.92. The number of benzene rings is 1. The first-order valence-corrected chi connectivity index (χ1v) is 6.73. The van der Waals surface area contributed by atoms with E-state index in [9.17, 15) is 9.18 Å². The molecule has 2 aromatic rings. The molecule has 21 heavy (non-hydrogen) atoms. The predicted molar refractivity (Wildman–Crippen MR) is 74.6 cm³/mol. The van der Waals surface area contributed by atoms with Crippen LogP contribution >= 0.6 is 0 Å². The Balaban J connectivity index is 2.09. The summed E-state index contributed by atoms with van der Waals surface area (Å²) in [5.41, 5.74) is 0.769. The average molecular weight is 292 g/mol. The van der Waals surface area contributed by atoms with Crippen LogP contribution in [-0.4, -0.2) is 17.6 Å². The molecule has 0 bridgehead atoms. The average Bonchev–Trinajstić information content (AvgIpc) is 2.84. The van der Waals surface area contributed by atoms with Crippen LogP contribution in [0.15, 0.2) is 28.8 Å². The van der Waals surface area contributed by atoms with Gasteiger partial charge in [0, 0.05) is 12.6 Å². The fourth-order valence-electron chi connectivity index (χ4n) is 1.77. The van der Waals surface area contributed by atoms with Gasteiger partial charge in [-0.25, -0.2) is 4.39 Å². The lowest BCUT2D eigenvalue weighted by molar-refractivity contribution is 0.0942. The van der Waals surface area contributed by atoms with Crippen molar-refractivity contribution in [2.24, 2.45) is 0 Å². The van der Waals surface area contributed by atoms with Crippen molar-refractivity contribution in [1.82, 2.24) is 10.5 Å². The van der Waals surface area contributed by atoms with Gasteiger partial charge in [0.05, 0.1) is 5.56 Å². The maximum atomic E-state index is 13.1. The highest BCUT2D eigenvalue weighted by Crippen LogP contribution is 2.18. The van der Waals surface area contributed by atoms with Gasteiger partial charge in [-0.05, 0) is 25.5 Å². The second-order valence-electron chi connectivity index (χ2n) is 4.57. The fraction of sp³-hybridized carbons (Fsp3) is 0.333. The van der Waals surface area contributed by atoms with Gasteiger partial charge in [0.15, 0.2) is 5.69 Å². The fourth-order valence-corrected chi connectivity index (χ4v) is 1.77. The van der Waals surface area contributed by atoms with E-state index in [1.165, 1.54) is 12.1 Å². The Bertz CT molecular complexity index is 625. The van der Waals surface area contributed by atoms with Crippen LogP contribution in [0.1, 0.15) is 35.2 Å². The van der Waals surface area contributed by atoms with Gasteiger partial charge >= 0.3 is 0 Å². The quantitative estimate of drug-likeness (QED) is 0.889. The van der Waals surface area contributed by atoms with E-state index in [-0.39, 0.29) is 24.0 Å². The Morgan fingerprint density at radius 2 is 2.29 bits per heavy atom. The zero-order chi connectivity index (χ0) is 15.2. The van der Waals surface area contributed by atoms with E-state index in [2.05, 4.69) is 10.5 Å². The first kappa shape index (κ1) is 15.0. The Morgan fingerprint density at radius 3 is 3.00 bits per heavy atom. The number of rotatable bonds is 6. The maximum Gasteiger partial charge on any atom is 0.273 e. The second-order valence-corrected chi connectivity index (χ2v) is 4.57. The minimum absolute atomic E-state index is 0.0909. The first-order valence-electron chi connectivity index (χ1n) is 6.73. The number of amides is 1. The van der Waals surface area contributed by atoms with Gasteiger partial charge < -0.3 is 14.6 Å². The van der Waals surface area contributed by atoms with Crippen molar-refractivity contribution in [3.05, 3.63) is 47.1 Å². The number of nitrogens with one attached hydrogen (secondary N) is 1. The summed E-state index contributed by atoms with van der Waals surface area (Å²) in [5.74, 6) is 0.213. The highest BCUT2D eigenvalue weighted by molar-refractivity contribution is 5.93. The summed E-state index contributed by atoms with van der Waals surface area (Å²) in [6.07, 6.45) is 0.831. The molecule has 0 spiro atoms. The Labute approximate surface area is 122 Å². The topological polar surface area (TPSA) is 64.4 Å². The highest BCUT2D eigenvalue weighted by atomic mass is 19.1. The van der Waals surface area contributed by atoms with Crippen molar-refractivity contribution in [3.8, 4) is 5.75 Å². The first-order chi connectivity index (χ1) is 10.1. The summed E-state index contributed by atoms with van der Waals surface area (Å²) in [6.45, 7) is 4.32. The summed E-state index contributed by atoms with van der Waals surface area (Å²) >= 11 is 0. The summed E-state index contributed by atoms with van der Waals surface area (Å²) < 4.78 is 23.6. The van der Waals surface area contributed by atoms with Crippen LogP contribution in [-0.2, 0) is 6.61 Å². The maximum absolute atomic E-state index is 13.1. The zero-order valence-corrected chi connectivity index (χ0v) is 12.0. The van der Waals surface area contributed by atoms with E-state index in [1.807, 2.05) is 6.92 Å². The van der Waals surface area contributed by atoms with E-state index in [0.29, 0.717) is 23.6 Å². The number of carbonyl (C=O) groups is 1. The van der Waals surface area contributed by atoms with Crippen molar-refractivity contribution < 1.29 is 18.4 Å². The van der Waals surface area contributed by atoms with Gasteiger partial charge in [-0.2, -0.15) is 0 Å². The lowest BCUT2D eigenvalue weighted by Gasteiger charge is -2.07. The molecule has 0 aliphatic carbocycles. The normalized spacial score (nSPS) is 10.4. The summed E-state index contributed by atoms with van der Waals surface area (Å²) in [7, 11) is 0. The van der Waals surface area contributed by atoms with Crippen molar-refractivity contribution in [1.29, 1.82) is 0 Å². The van der Waals surface area contributed by atoms with Crippen LogP contribution < -0.4 is 10.1 Å². The molecule has 2 rings (SSSR count). The number of nitrogens with zero attached hydrogens (tertiary/aromatic N) is 1. The molecule has 1 aromatic heterocycles. The molecule has 112 valence electrons. The number of ether oxygens (including phenoxy) is 1. The van der Waals surface area contributed by atoms with E-state index in [4.69, 9.17) is 9.26 Å². The van der Waals surface area contributed by atoms with Gasteiger partial charge in [0.2, 0.25) is 0 Å². The summed E-state index contributed by atoms with van der Waals surface area (Å²) in [6, 6.07) is 5.81. The minimum Gasteiger partial charge on any atom is -0.489 e. The van der Waals surface area contributed by atoms with Crippen LogP contribution in [0, 0.1) is 12.7 Å². The molecule has 1 heterocycles. The van der Waals surface area contributed by atoms with E-state index in [0.717, 1.165) is 6.42 Å². The second kappa shape index (κ2) is 6.88. The van der Waals surface area contributed by atoms with E-state index < -0.39 is 0 Å². The standard InChI is InChI=1S/C15H17FN2O3/c1-3-7-17-15(19)14-13(10(2)21-18-14)9-20-12-6-4-5-11(16)8-12/h4-6,8H,3,7,9H2,1-2H3,(H,17,19). The number of carbonyl (C=O) groups excluding carboxylic acids is 1. The third kappa shape index (κ3) is 3.81. The van der Waals surface area contributed by atoms with E-state index >= 15 is 0 Å². The van der Waals surface area contributed by atoms with Crippen LogP contribution in [0.3, 0.4) is 0 Å². The van der Waals surface area contributed by atoms with Gasteiger partial charge in [-0.1, -0.05) is 18.1 Å². The molecule has 0 atom stereocenters. The Hall–Kier alpha value is -2.37. The molecule has 1 N–H and O–H groups in total. The van der Waals surface area contributed by atoms with Gasteiger partial charge in [0.25, 0.3) is 5.91 Å². The van der Waals surface area contributed by atoms with Crippen molar-refractivity contribution in [2.75, 3.05) is 6.54 Å². The van der Waals surface area contributed by atoms with Crippen LogP contribution in [0.2, 0.25) is 0 Å². The number of aryl methyl sites for hydroxylation is 1. The molecule has 1 amide bonds. The molecule has 5 nitrogen and oxygen atoms in total. The summed E-state index contributed by atoms with van der Waals surface area (Å²) in [5, 5.41) is 6.49. The smallest absolute Gasteiger partial charge is 0.273 e. The van der Waals surface area contributed by atoms with Gasteiger partial charge in [-0.3, -0.25) is 4.79 Å². The van der Waals surface area contributed by atoms with Gasteiger partial charge in [-0.15, -0.1) is 0 Å². The van der Waals surface area contributed by atoms with E-state index in [1.54, 1.807) is 19.1 Å². The zero-order valence-electron chi connectivity index (χ0n) is 12.0. The van der Waals surface area contributed by atoms with Crippen molar-refractivity contribution in [3.63, 3.8) is 0 Å². The Morgan fingerprint density at radius 1 is 1.48 bits per heavy atom.